The number of hydrogen-bond acceptors (Lipinski definition) is 8. The van der Waals surface area contributed by atoms with Crippen LogP contribution in [-0.2, 0) is 4.79 Å². The second kappa shape index (κ2) is 26.2. The summed E-state index contributed by atoms with van der Waals surface area (Å²) >= 11 is 0. The molecule has 6 unspecified atom stereocenters. The van der Waals surface area contributed by atoms with E-state index in [1.807, 2.05) is 0 Å². The summed E-state index contributed by atoms with van der Waals surface area (Å²) in [5.74, 6) is -1.02. The Morgan fingerprint density at radius 3 is 0.755 bits per heavy atom. The van der Waals surface area contributed by atoms with Gasteiger partial charge in [-0.05, 0) is 38.5 Å². The van der Waals surface area contributed by atoms with Crippen molar-refractivity contribution in [1.82, 2.24) is 14.7 Å². The maximum atomic E-state index is 13.1. The first-order chi connectivity index (χ1) is 25.7. The zero-order valence-electron chi connectivity index (χ0n) is 35.5. The monoisotopic (exact) mass is 754 g/mol. The molecule has 3 aliphatic rings. The largest absolute Gasteiger partial charge is 0.481 e. The van der Waals surface area contributed by atoms with Gasteiger partial charge in [-0.25, -0.2) is 0 Å². The van der Waals surface area contributed by atoms with E-state index in [-0.39, 0.29) is 6.42 Å². The highest BCUT2D eigenvalue weighted by molar-refractivity contribution is 5.69. The first kappa shape index (κ1) is 48.3. The maximum absolute atomic E-state index is 13.1. The zero-order valence-corrected chi connectivity index (χ0v) is 35.5. The smallest absolute Gasteiger partial charge is 0.308 e. The number of carboxylic acids is 1. The average molecular weight is 754 g/mol. The summed E-state index contributed by atoms with van der Waals surface area (Å²) in [5, 5.41) is 44.8. The normalized spacial score (nSPS) is 28.6. The molecule has 0 spiro atoms. The van der Waals surface area contributed by atoms with Crippen LogP contribution in [0.15, 0.2) is 0 Å². The standard InChI is InChI=1S/C39H75N3O2.C5H12O4/c1-7-13-19-25-32-33(26-20-14-8-2)40(32)39(31-38(43)44,41-34(27-21-15-9-3)35(41)28-22-16-10-4)42-36(29-23-17-11-5)37(42)30-24-18-12-6;6-1-5(2-7,3-8)4-9/h32-37H,7-31H2,1-6H3,(H,43,44);6-9H,1-4H2. The van der Waals surface area contributed by atoms with E-state index in [0.717, 1.165) is 0 Å². The third-order valence-electron chi connectivity index (χ3n) is 12.8. The van der Waals surface area contributed by atoms with E-state index in [2.05, 4.69) is 56.2 Å². The quantitative estimate of drug-likeness (QED) is 0.0331. The maximum Gasteiger partial charge on any atom is 0.308 e. The minimum Gasteiger partial charge on any atom is -0.481 e. The summed E-state index contributed by atoms with van der Waals surface area (Å²) in [4.78, 5) is 21.7. The second-order valence-corrected chi connectivity index (χ2v) is 17.1. The minimum absolute atomic E-state index is 0.269. The Bertz CT molecular complexity index is 796. The molecule has 314 valence electrons. The van der Waals surface area contributed by atoms with Crippen LogP contribution in [0.2, 0.25) is 0 Å². The topological polar surface area (TPSA) is 127 Å². The molecule has 0 aromatic carbocycles. The number of carboxylic acid groups (broad SMARTS) is 1. The summed E-state index contributed by atoms with van der Waals surface area (Å²) in [7, 11) is 0. The summed E-state index contributed by atoms with van der Waals surface area (Å²) in [6.45, 7) is 12.3. The van der Waals surface area contributed by atoms with E-state index < -0.39 is 43.6 Å². The molecule has 3 aliphatic heterocycles. The fourth-order valence-corrected chi connectivity index (χ4v) is 9.38. The number of nitrogens with zero attached hydrogens (tertiary/aromatic N) is 3. The number of aliphatic hydroxyl groups is 4. The Kier molecular flexibility index (Phi) is 23.9. The molecule has 3 heterocycles. The fourth-order valence-electron chi connectivity index (χ4n) is 9.38. The molecule has 3 saturated heterocycles. The van der Waals surface area contributed by atoms with Gasteiger partial charge in [0.1, 0.15) is 5.79 Å². The molecule has 0 aromatic rings. The highest BCUT2D eigenvalue weighted by atomic mass is 16.4. The van der Waals surface area contributed by atoms with Crippen molar-refractivity contribution in [3.05, 3.63) is 0 Å². The van der Waals surface area contributed by atoms with Crippen LogP contribution in [0.4, 0.5) is 0 Å². The molecule has 9 nitrogen and oxygen atoms in total. The number of aliphatic hydroxyl groups excluding tert-OH is 4. The van der Waals surface area contributed by atoms with Crippen molar-refractivity contribution in [2.45, 2.75) is 244 Å². The highest BCUT2D eigenvalue weighted by Gasteiger charge is 2.74. The summed E-state index contributed by atoms with van der Waals surface area (Å²) < 4.78 is 0. The van der Waals surface area contributed by atoms with E-state index in [0.29, 0.717) is 36.3 Å². The Morgan fingerprint density at radius 1 is 0.415 bits per heavy atom. The number of unbranched alkanes of at least 4 members (excludes halogenated alkanes) is 12. The Balaban J connectivity index is 0.000000953. The lowest BCUT2D eigenvalue weighted by molar-refractivity contribution is -0.148. The number of aliphatic carboxylic acids is 1. The van der Waals surface area contributed by atoms with Crippen molar-refractivity contribution in [3.8, 4) is 0 Å². The van der Waals surface area contributed by atoms with Gasteiger partial charge in [-0.2, -0.15) is 0 Å². The van der Waals surface area contributed by atoms with Crippen LogP contribution in [0.25, 0.3) is 0 Å². The molecule has 5 N–H and O–H groups in total. The van der Waals surface area contributed by atoms with E-state index in [4.69, 9.17) is 20.4 Å². The Morgan fingerprint density at radius 2 is 0.623 bits per heavy atom. The van der Waals surface area contributed by atoms with Gasteiger partial charge in [-0.15, -0.1) is 0 Å². The van der Waals surface area contributed by atoms with Gasteiger partial charge in [0.2, 0.25) is 0 Å². The van der Waals surface area contributed by atoms with Gasteiger partial charge in [0, 0.05) is 36.3 Å². The van der Waals surface area contributed by atoms with E-state index in [1.54, 1.807) is 0 Å². The average Bonchev–Trinajstić information content (AvgIpc) is 4.11. The van der Waals surface area contributed by atoms with E-state index in [1.165, 1.54) is 154 Å². The molecule has 9 heteroatoms. The van der Waals surface area contributed by atoms with Crippen molar-refractivity contribution in [2.24, 2.45) is 5.41 Å². The molecule has 3 fully saturated rings. The molecule has 0 aliphatic carbocycles. The lowest BCUT2D eigenvalue weighted by atomic mass is 9.93. The molecule has 0 amide bonds. The number of rotatable bonds is 33. The summed E-state index contributed by atoms with van der Waals surface area (Å²) in [5.41, 5.74) is -1.11. The molecule has 3 rings (SSSR count). The minimum atomic E-state index is -1.11. The van der Waals surface area contributed by atoms with Crippen molar-refractivity contribution in [1.29, 1.82) is 0 Å². The summed E-state index contributed by atoms with van der Waals surface area (Å²) in [6.07, 6.45) is 30.7. The van der Waals surface area contributed by atoms with Gasteiger partial charge in [0.15, 0.2) is 0 Å². The molecule has 0 aromatic heterocycles. The number of hydrogen-bond donors (Lipinski definition) is 5. The van der Waals surface area contributed by atoms with Gasteiger partial charge in [0.05, 0.1) is 38.3 Å². The number of carbonyl (C=O) groups is 1. The Hall–Kier alpha value is -0.810. The van der Waals surface area contributed by atoms with Crippen molar-refractivity contribution in [3.63, 3.8) is 0 Å². The molecular formula is C44H87N3O6. The predicted molar refractivity (Wildman–Crippen MR) is 219 cm³/mol. The first-order valence-corrected chi connectivity index (χ1v) is 22.7. The third kappa shape index (κ3) is 14.0. The molecule has 53 heavy (non-hydrogen) atoms. The zero-order chi connectivity index (χ0) is 39.3. The lowest BCUT2D eigenvalue weighted by Gasteiger charge is -2.41. The fraction of sp³-hybridized carbons (Fsp3) is 0.977. The lowest BCUT2D eigenvalue weighted by Crippen LogP contribution is -2.58. The second-order valence-electron chi connectivity index (χ2n) is 17.1. The van der Waals surface area contributed by atoms with Crippen molar-refractivity contribution in [2.75, 3.05) is 26.4 Å². The van der Waals surface area contributed by atoms with Gasteiger partial charge in [-0.3, -0.25) is 19.5 Å². The van der Waals surface area contributed by atoms with Crippen LogP contribution < -0.4 is 0 Å². The van der Waals surface area contributed by atoms with E-state index >= 15 is 0 Å². The SMILES string of the molecule is CCCCCC1C(CCCCC)N1C(CC(=O)O)(N1C(CCCCC)C1CCCCC)N1C(CCCCC)C1CCCCC.OCC(CO)(CO)CO. The summed E-state index contributed by atoms with van der Waals surface area (Å²) in [6, 6.07) is 3.33. The Labute approximate surface area is 326 Å². The van der Waals surface area contributed by atoms with Gasteiger partial charge >= 0.3 is 5.97 Å². The van der Waals surface area contributed by atoms with Gasteiger partial charge in [-0.1, -0.05) is 157 Å². The van der Waals surface area contributed by atoms with Crippen LogP contribution in [0.5, 0.6) is 0 Å². The molecular weight excluding hydrogens is 666 g/mol. The molecule has 0 bridgehead atoms. The van der Waals surface area contributed by atoms with E-state index in [9.17, 15) is 9.90 Å². The molecule has 0 saturated carbocycles. The van der Waals surface area contributed by atoms with Gasteiger partial charge < -0.3 is 25.5 Å². The van der Waals surface area contributed by atoms with Crippen LogP contribution >= 0.6 is 0 Å². The van der Waals surface area contributed by atoms with Crippen molar-refractivity contribution < 1.29 is 30.3 Å². The van der Waals surface area contributed by atoms with Crippen LogP contribution in [0, 0.1) is 5.41 Å². The third-order valence-corrected chi connectivity index (χ3v) is 12.8. The van der Waals surface area contributed by atoms with Gasteiger partial charge in [0.25, 0.3) is 0 Å². The van der Waals surface area contributed by atoms with Crippen LogP contribution in [0.1, 0.15) is 202 Å². The highest BCUT2D eigenvalue weighted by Crippen LogP contribution is 2.60. The molecule has 6 atom stereocenters. The molecule has 0 radical (unpaired) electrons. The van der Waals surface area contributed by atoms with Crippen molar-refractivity contribution >= 4 is 5.97 Å². The first-order valence-electron chi connectivity index (χ1n) is 22.7. The van der Waals surface area contributed by atoms with Crippen LogP contribution in [-0.4, -0.2) is 115 Å². The predicted octanol–water partition coefficient (Wildman–Crippen LogP) is 8.70. The van der Waals surface area contributed by atoms with Crippen LogP contribution in [0.3, 0.4) is 0 Å².